The van der Waals surface area contributed by atoms with Crippen molar-refractivity contribution in [2.45, 2.75) is 74.8 Å². The van der Waals surface area contributed by atoms with Gasteiger partial charge in [0.2, 0.25) is 0 Å². The topological polar surface area (TPSA) is 245 Å². The van der Waals surface area contributed by atoms with Crippen molar-refractivity contribution >= 4 is 12.0 Å². The van der Waals surface area contributed by atoms with E-state index in [1.54, 1.807) is 6.07 Å². The van der Waals surface area contributed by atoms with E-state index >= 15 is 0 Å². The minimum Gasteiger partial charge on any atom is -0.504 e. The molecular weight excluding hydrogens is 588 g/mol. The van der Waals surface area contributed by atoms with Crippen LogP contribution < -0.4 is 0 Å². The molecule has 2 fully saturated rings. The molecule has 0 aliphatic carbocycles. The van der Waals surface area contributed by atoms with Gasteiger partial charge in [-0.15, -0.1) is 0 Å². The maximum atomic E-state index is 12.4. The number of aromatic hydroxyl groups is 4. The number of aliphatic hydroxyl groups excluding tert-OH is 5. The highest BCUT2D eigenvalue weighted by Gasteiger charge is 2.51. The zero-order valence-electron chi connectivity index (χ0n) is 23.5. The number of hydrogen-bond acceptors (Lipinski definition) is 15. The van der Waals surface area contributed by atoms with Crippen molar-refractivity contribution in [3.05, 3.63) is 53.6 Å². The highest BCUT2D eigenvalue weighted by molar-refractivity contribution is 5.87. The molecule has 2 aliphatic heterocycles. The first-order valence-corrected chi connectivity index (χ1v) is 13.7. The summed E-state index contributed by atoms with van der Waals surface area (Å²) in [6.07, 6.45) is -12.4. The number of rotatable bonds is 10. The van der Waals surface area contributed by atoms with Crippen molar-refractivity contribution in [2.75, 3.05) is 13.2 Å². The van der Waals surface area contributed by atoms with Crippen molar-refractivity contribution in [3.63, 3.8) is 0 Å². The van der Waals surface area contributed by atoms with Crippen molar-refractivity contribution in [3.8, 4) is 23.0 Å². The van der Waals surface area contributed by atoms with E-state index < -0.39 is 79.7 Å². The van der Waals surface area contributed by atoms with Gasteiger partial charge in [-0.3, -0.25) is 0 Å². The molecule has 15 heteroatoms. The van der Waals surface area contributed by atoms with Gasteiger partial charge >= 0.3 is 5.97 Å². The lowest BCUT2D eigenvalue weighted by Crippen LogP contribution is -2.64. The molecule has 0 saturated carbocycles. The molecule has 0 aromatic heterocycles. The van der Waals surface area contributed by atoms with Crippen LogP contribution in [-0.4, -0.2) is 127 Å². The fraction of sp³-hybridized carbons (Fsp3) is 0.483. The molecule has 0 bridgehead atoms. The highest BCUT2D eigenvalue weighted by Crippen LogP contribution is 2.31. The highest BCUT2D eigenvalue weighted by atomic mass is 16.7. The zero-order valence-corrected chi connectivity index (χ0v) is 23.5. The van der Waals surface area contributed by atoms with E-state index in [4.69, 9.17) is 23.7 Å². The molecular formula is C29H36O15. The molecule has 242 valence electrons. The lowest BCUT2D eigenvalue weighted by atomic mass is 9.97. The van der Waals surface area contributed by atoms with E-state index in [0.717, 1.165) is 6.08 Å². The van der Waals surface area contributed by atoms with Crippen LogP contribution in [0.4, 0.5) is 0 Å². The Morgan fingerprint density at radius 1 is 0.818 bits per heavy atom. The first-order valence-electron chi connectivity index (χ1n) is 13.7. The molecule has 2 aliphatic rings. The first-order chi connectivity index (χ1) is 20.9. The summed E-state index contributed by atoms with van der Waals surface area (Å²) in [5, 5.41) is 90.9. The third-order valence-corrected chi connectivity index (χ3v) is 7.27. The van der Waals surface area contributed by atoms with Gasteiger partial charge in [-0.2, -0.15) is 0 Å². The Labute approximate surface area is 251 Å². The summed E-state index contributed by atoms with van der Waals surface area (Å²) < 4.78 is 27.7. The number of carbonyl (C=O) groups is 1. The summed E-state index contributed by atoms with van der Waals surface area (Å²) in [7, 11) is 0. The molecule has 9 N–H and O–H groups in total. The standard InChI is InChI=1S/C29H36O15/c1-13-26(43-21(35)7-4-14-2-5-16(31)18(33)10-14)23(37)24(38)29(41-13)44-27-22(36)20(12-30)42-28(25(27)39)40-9-8-15-3-6-17(32)19(34)11-15/h2-7,10-11,13,20,22-34,36-39H,8-9,12H2,1H3/t13-,20+,22-,23-,24+,25+,26-,27-,28+,29-/m0/s1. The van der Waals surface area contributed by atoms with E-state index in [-0.39, 0.29) is 30.3 Å². The van der Waals surface area contributed by atoms with Gasteiger partial charge in [0.05, 0.1) is 19.3 Å². The van der Waals surface area contributed by atoms with E-state index in [1.807, 2.05) is 0 Å². The predicted octanol–water partition coefficient (Wildman–Crippen LogP) is -1.02. The summed E-state index contributed by atoms with van der Waals surface area (Å²) in [6, 6.07) is 8.06. The molecule has 0 unspecified atom stereocenters. The Balaban J connectivity index is 1.36. The van der Waals surface area contributed by atoms with Crippen molar-refractivity contribution < 1.29 is 74.4 Å². The molecule has 2 saturated heterocycles. The van der Waals surface area contributed by atoms with Crippen LogP contribution in [0.1, 0.15) is 18.1 Å². The second-order valence-electron chi connectivity index (χ2n) is 10.4. The molecule has 0 spiro atoms. The molecule has 10 atom stereocenters. The predicted molar refractivity (Wildman–Crippen MR) is 147 cm³/mol. The fourth-order valence-corrected chi connectivity index (χ4v) is 4.79. The van der Waals surface area contributed by atoms with Crippen LogP contribution >= 0.6 is 0 Å². The number of esters is 1. The van der Waals surface area contributed by atoms with Crippen LogP contribution in [0, 0.1) is 0 Å². The Morgan fingerprint density at radius 2 is 1.50 bits per heavy atom. The third-order valence-electron chi connectivity index (χ3n) is 7.27. The third kappa shape index (κ3) is 7.76. The summed E-state index contributed by atoms with van der Waals surface area (Å²) in [6.45, 7) is 0.716. The Morgan fingerprint density at radius 3 is 2.16 bits per heavy atom. The number of ether oxygens (including phenoxy) is 5. The molecule has 4 rings (SSSR count). The minimum absolute atomic E-state index is 0.0411. The van der Waals surface area contributed by atoms with Gasteiger partial charge in [0, 0.05) is 6.08 Å². The monoisotopic (exact) mass is 624 g/mol. The average Bonchev–Trinajstić information content (AvgIpc) is 2.99. The van der Waals surface area contributed by atoms with E-state index in [9.17, 15) is 50.8 Å². The van der Waals surface area contributed by atoms with Crippen LogP contribution in [0.3, 0.4) is 0 Å². The number of phenolic OH excluding ortho intramolecular Hbond substituents is 4. The van der Waals surface area contributed by atoms with Crippen LogP contribution in [-0.2, 0) is 34.9 Å². The normalized spacial score (nSPS) is 32.5. The number of carbonyl (C=O) groups excluding carboxylic acids is 1. The fourth-order valence-electron chi connectivity index (χ4n) is 4.79. The number of hydrogen-bond donors (Lipinski definition) is 9. The van der Waals surface area contributed by atoms with Crippen LogP contribution in [0.2, 0.25) is 0 Å². The summed E-state index contributed by atoms with van der Waals surface area (Å²) >= 11 is 0. The maximum absolute atomic E-state index is 12.4. The zero-order chi connectivity index (χ0) is 32.1. The van der Waals surface area contributed by atoms with Crippen LogP contribution in [0.15, 0.2) is 42.5 Å². The maximum Gasteiger partial charge on any atom is 0.331 e. The quantitative estimate of drug-likeness (QED) is 0.0873. The average molecular weight is 625 g/mol. The molecule has 2 heterocycles. The van der Waals surface area contributed by atoms with Gasteiger partial charge in [-0.05, 0) is 54.8 Å². The van der Waals surface area contributed by atoms with E-state index in [0.29, 0.717) is 11.1 Å². The van der Waals surface area contributed by atoms with Crippen molar-refractivity contribution in [1.82, 2.24) is 0 Å². The molecule has 44 heavy (non-hydrogen) atoms. The van der Waals surface area contributed by atoms with E-state index in [2.05, 4.69) is 0 Å². The van der Waals surface area contributed by atoms with Crippen molar-refractivity contribution in [2.24, 2.45) is 0 Å². The summed E-state index contributed by atoms with van der Waals surface area (Å²) in [5.41, 5.74) is 0.972. The molecule has 2 aromatic carbocycles. The smallest absolute Gasteiger partial charge is 0.331 e. The van der Waals surface area contributed by atoms with Crippen molar-refractivity contribution in [1.29, 1.82) is 0 Å². The Kier molecular flexibility index (Phi) is 11.0. The number of benzene rings is 2. The molecule has 0 amide bonds. The van der Waals surface area contributed by atoms with Gasteiger partial charge in [0.15, 0.2) is 41.7 Å². The Bertz CT molecular complexity index is 1300. The number of aliphatic hydroxyl groups is 5. The molecule has 15 nitrogen and oxygen atoms in total. The van der Waals surface area contributed by atoms with Gasteiger partial charge in [0.25, 0.3) is 0 Å². The van der Waals surface area contributed by atoms with Crippen LogP contribution in [0.5, 0.6) is 23.0 Å². The molecule has 0 radical (unpaired) electrons. The lowest BCUT2D eigenvalue weighted by Gasteiger charge is -2.46. The molecule has 2 aromatic rings. The largest absolute Gasteiger partial charge is 0.504 e. The van der Waals surface area contributed by atoms with Crippen LogP contribution in [0.25, 0.3) is 6.08 Å². The summed E-state index contributed by atoms with van der Waals surface area (Å²) in [5.74, 6) is -2.25. The lowest BCUT2D eigenvalue weighted by molar-refractivity contribution is -0.357. The Hall–Kier alpha value is -3.51. The van der Waals surface area contributed by atoms with Gasteiger partial charge in [0.1, 0.15) is 36.6 Å². The van der Waals surface area contributed by atoms with E-state index in [1.165, 1.54) is 43.3 Å². The van der Waals surface area contributed by atoms with Gasteiger partial charge in [-0.1, -0.05) is 12.1 Å². The number of phenols is 4. The summed E-state index contributed by atoms with van der Waals surface area (Å²) in [4.78, 5) is 12.4. The SMILES string of the molecule is C[C@@H]1O[C@@H](O[C@H]2[C@@H](O)[C@@H](CO)O[C@@H](OCCc3ccc(O)c(O)c3)[C@@H]2O)[C@H](O)[C@H](O)[C@H]1OC(=O)C=Cc1ccc(O)c(O)c1. The van der Waals surface area contributed by atoms with Gasteiger partial charge in [-0.25, -0.2) is 4.79 Å². The first kappa shape index (κ1) is 33.4. The second-order valence-corrected chi connectivity index (χ2v) is 10.4. The minimum atomic E-state index is -1.81. The second kappa shape index (κ2) is 14.5. The van der Waals surface area contributed by atoms with Gasteiger partial charge < -0.3 is 69.6 Å².